The normalized spacial score (nSPS) is 24.5. The summed E-state index contributed by atoms with van der Waals surface area (Å²) in [5.74, 6) is -1.43. The molecule has 5 rings (SSSR count). The molecule has 0 aliphatic carbocycles. The molecule has 1 aromatic carbocycles. The summed E-state index contributed by atoms with van der Waals surface area (Å²) in [6, 6.07) is 6.51. The Morgan fingerprint density at radius 2 is 1.92 bits per heavy atom. The molecule has 4 heterocycles. The smallest absolute Gasteiger partial charge is 0.367 e. The number of pyridine rings is 1. The second-order valence-electron chi connectivity index (χ2n) is 10.6. The average molecular weight is 565 g/mol. The summed E-state index contributed by atoms with van der Waals surface area (Å²) in [4.78, 5) is 38.6. The SMILES string of the molecule is Cc1cc(C(F)(F)F)cc(N2C(=O)C[C@@H]3CN(CCN4CCN[C@H](C)C4)c4c(Cl)cccc4N(C)C(=O)[C@H]32)n1. The van der Waals surface area contributed by atoms with Gasteiger partial charge in [-0.25, -0.2) is 4.98 Å². The molecule has 8 nitrogen and oxygen atoms in total. The third kappa shape index (κ3) is 5.44. The molecule has 1 aromatic heterocycles. The van der Waals surface area contributed by atoms with Crippen molar-refractivity contribution in [2.24, 2.45) is 5.92 Å². The number of anilines is 3. The van der Waals surface area contributed by atoms with Crippen LogP contribution in [0.3, 0.4) is 0 Å². The van der Waals surface area contributed by atoms with E-state index < -0.39 is 29.6 Å². The minimum absolute atomic E-state index is 0.0160. The van der Waals surface area contributed by atoms with Gasteiger partial charge in [0.2, 0.25) is 11.8 Å². The first-order valence-electron chi connectivity index (χ1n) is 13.1. The summed E-state index contributed by atoms with van der Waals surface area (Å²) in [6.07, 6.45) is -4.59. The van der Waals surface area contributed by atoms with Crippen molar-refractivity contribution in [2.45, 2.75) is 38.5 Å². The monoisotopic (exact) mass is 564 g/mol. The minimum atomic E-state index is -4.61. The summed E-state index contributed by atoms with van der Waals surface area (Å²) in [6.45, 7) is 8.02. The first kappa shape index (κ1) is 27.7. The number of amides is 2. The molecule has 39 heavy (non-hydrogen) atoms. The molecule has 3 atom stereocenters. The number of benzene rings is 1. The number of para-hydroxylation sites is 1. The zero-order valence-electron chi connectivity index (χ0n) is 22.1. The van der Waals surface area contributed by atoms with Crippen molar-refractivity contribution in [1.82, 2.24) is 15.2 Å². The number of nitrogens with one attached hydrogen (secondary N) is 1. The third-order valence-corrected chi connectivity index (χ3v) is 8.07. The molecule has 12 heteroatoms. The standard InChI is InChI=1S/C27H32ClF3N6O2/c1-16-11-19(27(29,30)31)13-22(33-16)37-23(38)12-18-15-36(10-9-35-8-7-32-17(2)14-35)25-20(28)5-4-6-21(25)34(3)26(39)24(18)37/h4-6,11,13,17-18,24,32H,7-10,12,14-15H2,1-3H3/t17-,18-,24+/m1/s1. The highest BCUT2D eigenvalue weighted by molar-refractivity contribution is 6.34. The molecule has 0 saturated carbocycles. The number of hydrogen-bond acceptors (Lipinski definition) is 6. The van der Waals surface area contributed by atoms with E-state index in [4.69, 9.17) is 11.6 Å². The molecule has 2 fully saturated rings. The molecule has 2 amide bonds. The minimum Gasteiger partial charge on any atom is -0.367 e. The van der Waals surface area contributed by atoms with Crippen LogP contribution in [0.1, 0.15) is 24.6 Å². The Labute approximate surface area is 230 Å². The molecule has 0 radical (unpaired) electrons. The Morgan fingerprint density at radius 1 is 1.15 bits per heavy atom. The van der Waals surface area contributed by atoms with Crippen molar-refractivity contribution >= 4 is 40.6 Å². The largest absolute Gasteiger partial charge is 0.416 e. The number of carbonyl (C=O) groups excluding carboxylic acids is 2. The highest BCUT2D eigenvalue weighted by Crippen LogP contribution is 2.42. The summed E-state index contributed by atoms with van der Waals surface area (Å²) in [5, 5.41) is 3.93. The van der Waals surface area contributed by atoms with Crippen LogP contribution in [-0.2, 0) is 15.8 Å². The van der Waals surface area contributed by atoms with Crippen LogP contribution in [0.4, 0.5) is 30.4 Å². The van der Waals surface area contributed by atoms with Gasteiger partial charge in [-0.05, 0) is 38.1 Å². The fraction of sp³-hybridized carbons (Fsp3) is 0.519. The zero-order valence-corrected chi connectivity index (χ0v) is 22.9. The maximum absolute atomic E-state index is 13.9. The number of hydrogen-bond donors (Lipinski definition) is 1. The Morgan fingerprint density at radius 3 is 2.64 bits per heavy atom. The van der Waals surface area contributed by atoms with E-state index in [2.05, 4.69) is 27.0 Å². The molecule has 0 spiro atoms. The van der Waals surface area contributed by atoms with Crippen molar-refractivity contribution in [3.63, 3.8) is 0 Å². The van der Waals surface area contributed by atoms with Gasteiger partial charge in [-0.2, -0.15) is 13.2 Å². The van der Waals surface area contributed by atoms with E-state index in [1.54, 1.807) is 25.2 Å². The number of aromatic nitrogens is 1. The van der Waals surface area contributed by atoms with Crippen LogP contribution in [0.2, 0.25) is 5.02 Å². The van der Waals surface area contributed by atoms with Crippen molar-refractivity contribution in [3.05, 3.63) is 46.6 Å². The average Bonchev–Trinajstić information content (AvgIpc) is 3.19. The maximum atomic E-state index is 13.9. The second-order valence-corrected chi connectivity index (χ2v) is 11.0. The van der Waals surface area contributed by atoms with Gasteiger partial charge in [0.25, 0.3) is 0 Å². The fourth-order valence-electron chi connectivity index (χ4n) is 5.94. The number of piperazine rings is 1. The van der Waals surface area contributed by atoms with Gasteiger partial charge < -0.3 is 15.1 Å². The molecule has 3 aliphatic rings. The number of halogens is 4. The molecule has 0 bridgehead atoms. The van der Waals surface area contributed by atoms with Crippen molar-refractivity contribution in [1.29, 1.82) is 0 Å². The van der Waals surface area contributed by atoms with E-state index in [1.807, 2.05) is 0 Å². The second kappa shape index (κ2) is 10.6. The van der Waals surface area contributed by atoms with Crippen LogP contribution in [-0.4, -0.2) is 80.1 Å². The van der Waals surface area contributed by atoms with E-state index in [0.29, 0.717) is 29.8 Å². The lowest BCUT2D eigenvalue weighted by molar-refractivity contribution is -0.137. The van der Waals surface area contributed by atoms with Gasteiger partial charge in [-0.15, -0.1) is 0 Å². The lowest BCUT2D eigenvalue weighted by Crippen LogP contribution is -2.54. The predicted molar refractivity (Wildman–Crippen MR) is 144 cm³/mol. The zero-order chi connectivity index (χ0) is 28.1. The molecule has 1 N–H and O–H groups in total. The molecule has 2 aromatic rings. The van der Waals surface area contributed by atoms with Gasteiger partial charge in [0, 0.05) is 70.4 Å². The summed E-state index contributed by atoms with van der Waals surface area (Å²) in [7, 11) is 1.61. The highest BCUT2D eigenvalue weighted by Gasteiger charge is 2.49. The molecule has 0 unspecified atom stereocenters. The Hall–Kier alpha value is -2.89. The first-order valence-corrected chi connectivity index (χ1v) is 13.5. The fourth-order valence-corrected chi connectivity index (χ4v) is 6.23. The number of nitrogens with zero attached hydrogens (tertiary/aromatic N) is 5. The quantitative estimate of drug-likeness (QED) is 0.612. The highest BCUT2D eigenvalue weighted by atomic mass is 35.5. The molecular formula is C27H32ClF3N6O2. The number of likely N-dealkylation sites (N-methyl/N-ethyl adjacent to an activating group) is 1. The van der Waals surface area contributed by atoms with Gasteiger partial charge in [0.1, 0.15) is 11.9 Å². The number of carbonyl (C=O) groups is 2. The molecule has 210 valence electrons. The van der Waals surface area contributed by atoms with Crippen LogP contribution in [0.5, 0.6) is 0 Å². The number of rotatable bonds is 4. The Kier molecular flexibility index (Phi) is 7.51. The van der Waals surface area contributed by atoms with Crippen LogP contribution >= 0.6 is 11.6 Å². The van der Waals surface area contributed by atoms with Crippen molar-refractivity contribution < 1.29 is 22.8 Å². The molecule has 3 aliphatic heterocycles. The Bertz CT molecular complexity index is 1270. The first-order chi connectivity index (χ1) is 18.4. The summed E-state index contributed by atoms with van der Waals surface area (Å²) >= 11 is 6.70. The van der Waals surface area contributed by atoms with Crippen LogP contribution in [0.25, 0.3) is 0 Å². The van der Waals surface area contributed by atoms with Crippen molar-refractivity contribution in [3.8, 4) is 0 Å². The lowest BCUT2D eigenvalue weighted by Gasteiger charge is -2.40. The topological polar surface area (TPSA) is 72.0 Å². The Balaban J connectivity index is 1.52. The number of alkyl halides is 3. The van der Waals surface area contributed by atoms with Crippen LogP contribution in [0.15, 0.2) is 30.3 Å². The van der Waals surface area contributed by atoms with Crippen LogP contribution < -0.4 is 20.0 Å². The van der Waals surface area contributed by atoms with Gasteiger partial charge >= 0.3 is 6.18 Å². The summed E-state index contributed by atoms with van der Waals surface area (Å²) in [5.41, 5.74) is 0.520. The van der Waals surface area contributed by atoms with Crippen molar-refractivity contribution in [2.75, 3.05) is 61.0 Å². The summed E-state index contributed by atoms with van der Waals surface area (Å²) < 4.78 is 40.8. The van der Waals surface area contributed by atoms with Gasteiger partial charge in [0.05, 0.1) is 22.0 Å². The molecule has 2 saturated heterocycles. The van der Waals surface area contributed by atoms with E-state index in [9.17, 15) is 22.8 Å². The third-order valence-electron chi connectivity index (χ3n) is 7.76. The maximum Gasteiger partial charge on any atom is 0.416 e. The van der Waals surface area contributed by atoms with Gasteiger partial charge in [0.15, 0.2) is 0 Å². The lowest BCUT2D eigenvalue weighted by atomic mass is 9.95. The van der Waals surface area contributed by atoms with E-state index in [0.717, 1.165) is 48.9 Å². The van der Waals surface area contributed by atoms with E-state index in [-0.39, 0.29) is 23.8 Å². The van der Waals surface area contributed by atoms with Gasteiger partial charge in [-0.1, -0.05) is 17.7 Å². The number of aryl methyl sites for hydroxylation is 1. The van der Waals surface area contributed by atoms with E-state index in [1.165, 1.54) is 11.8 Å². The van der Waals surface area contributed by atoms with Crippen LogP contribution in [0, 0.1) is 12.8 Å². The van der Waals surface area contributed by atoms with E-state index >= 15 is 0 Å². The van der Waals surface area contributed by atoms with Gasteiger partial charge in [-0.3, -0.25) is 19.4 Å². The number of fused-ring (bicyclic) bond motifs is 2. The molecular weight excluding hydrogens is 533 g/mol. The predicted octanol–water partition coefficient (Wildman–Crippen LogP) is 3.56.